The van der Waals surface area contributed by atoms with E-state index >= 15 is 0 Å². The average Bonchev–Trinajstić information content (AvgIpc) is 2.24. The summed E-state index contributed by atoms with van der Waals surface area (Å²) in [5.41, 5.74) is 1.52. The fourth-order valence-corrected chi connectivity index (χ4v) is 1.36. The van der Waals surface area contributed by atoms with E-state index in [4.69, 9.17) is 0 Å². The van der Waals surface area contributed by atoms with Gasteiger partial charge >= 0.3 is 0 Å². The number of alkyl halides is 2. The number of hydrogen-bond donors (Lipinski definition) is 0. The summed E-state index contributed by atoms with van der Waals surface area (Å²) >= 11 is 0. The maximum atomic E-state index is 11.7. The van der Waals surface area contributed by atoms with Gasteiger partial charge in [-0.25, -0.2) is 8.78 Å². The zero-order valence-electron chi connectivity index (χ0n) is 9.08. The van der Waals surface area contributed by atoms with Crippen molar-refractivity contribution < 1.29 is 18.3 Å². The second-order valence-electron chi connectivity index (χ2n) is 3.45. The Hall–Kier alpha value is -1.29. The van der Waals surface area contributed by atoms with E-state index in [-0.39, 0.29) is 18.8 Å². The Morgan fingerprint density at radius 3 is 2.69 bits per heavy atom. The van der Waals surface area contributed by atoms with Crippen molar-refractivity contribution in [2.75, 3.05) is 13.2 Å². The van der Waals surface area contributed by atoms with E-state index in [1.807, 2.05) is 19.1 Å². The third-order valence-electron chi connectivity index (χ3n) is 2.16. The number of carbonyl (C=O) groups is 1. The molecule has 1 aromatic rings. The minimum atomic E-state index is -2.48. The van der Waals surface area contributed by atoms with E-state index in [1.54, 1.807) is 12.1 Å². The highest BCUT2D eigenvalue weighted by Crippen LogP contribution is 2.09. The molecule has 4 heteroatoms. The molecule has 0 saturated heterocycles. The first-order valence-corrected chi connectivity index (χ1v) is 5.06. The molecule has 0 bridgehead atoms. The molecule has 0 aliphatic heterocycles. The van der Waals surface area contributed by atoms with Gasteiger partial charge in [-0.3, -0.25) is 4.79 Å². The molecule has 2 nitrogen and oxygen atoms in total. The molecule has 0 saturated carbocycles. The highest BCUT2D eigenvalue weighted by atomic mass is 19.3. The van der Waals surface area contributed by atoms with Crippen molar-refractivity contribution in [3.63, 3.8) is 0 Å². The Bertz CT molecular complexity index is 351. The molecule has 0 atom stereocenters. The number of ketones is 1. The lowest BCUT2D eigenvalue weighted by molar-refractivity contribution is 0.0169. The van der Waals surface area contributed by atoms with Gasteiger partial charge in [-0.2, -0.15) is 0 Å². The van der Waals surface area contributed by atoms with E-state index in [2.05, 4.69) is 4.74 Å². The second kappa shape index (κ2) is 6.33. The van der Waals surface area contributed by atoms with Gasteiger partial charge in [-0.1, -0.05) is 24.3 Å². The number of benzene rings is 1. The highest BCUT2D eigenvalue weighted by molar-refractivity contribution is 5.97. The van der Waals surface area contributed by atoms with Crippen LogP contribution in [0.25, 0.3) is 0 Å². The van der Waals surface area contributed by atoms with Crippen molar-refractivity contribution >= 4 is 5.78 Å². The molecule has 16 heavy (non-hydrogen) atoms. The SMILES string of the molecule is Cc1ccccc1C(=O)CCOCC(F)F. The zero-order chi connectivity index (χ0) is 12.0. The standard InChI is InChI=1S/C12H14F2O2/c1-9-4-2-3-5-10(9)11(15)6-7-16-8-12(13)14/h2-5,12H,6-8H2,1H3. The fourth-order valence-electron chi connectivity index (χ4n) is 1.36. The zero-order valence-corrected chi connectivity index (χ0v) is 9.08. The van der Waals surface area contributed by atoms with E-state index in [1.165, 1.54) is 0 Å². The van der Waals surface area contributed by atoms with Crippen LogP contribution in [0.5, 0.6) is 0 Å². The number of ether oxygens (including phenoxy) is 1. The topological polar surface area (TPSA) is 26.3 Å². The smallest absolute Gasteiger partial charge is 0.261 e. The molecule has 1 aromatic carbocycles. The van der Waals surface area contributed by atoms with Crippen LogP contribution in [0.1, 0.15) is 22.3 Å². The maximum absolute atomic E-state index is 11.7. The van der Waals surface area contributed by atoms with Crippen molar-refractivity contribution in [1.29, 1.82) is 0 Å². The Kier molecular flexibility index (Phi) is 5.05. The summed E-state index contributed by atoms with van der Waals surface area (Å²) in [5, 5.41) is 0. The number of halogens is 2. The number of rotatable bonds is 6. The van der Waals surface area contributed by atoms with Gasteiger partial charge in [-0.15, -0.1) is 0 Å². The fraction of sp³-hybridized carbons (Fsp3) is 0.417. The number of Topliss-reactive ketones (excluding diaryl/α,β-unsaturated/α-hetero) is 1. The monoisotopic (exact) mass is 228 g/mol. The van der Waals surface area contributed by atoms with E-state index in [9.17, 15) is 13.6 Å². The van der Waals surface area contributed by atoms with Crippen LogP contribution >= 0.6 is 0 Å². The predicted octanol–water partition coefficient (Wildman–Crippen LogP) is 2.85. The molecule has 0 heterocycles. The number of aryl methyl sites for hydroxylation is 1. The van der Waals surface area contributed by atoms with Gasteiger partial charge in [0, 0.05) is 12.0 Å². The molecule has 0 aliphatic rings. The van der Waals surface area contributed by atoms with Crippen molar-refractivity contribution in [3.05, 3.63) is 35.4 Å². The average molecular weight is 228 g/mol. The first-order valence-electron chi connectivity index (χ1n) is 5.06. The quantitative estimate of drug-likeness (QED) is 0.552. The Balaban J connectivity index is 2.39. The van der Waals surface area contributed by atoms with Crippen LogP contribution in [-0.2, 0) is 4.74 Å². The molecular weight excluding hydrogens is 214 g/mol. The molecule has 0 aliphatic carbocycles. The lowest BCUT2D eigenvalue weighted by Crippen LogP contribution is -2.10. The highest BCUT2D eigenvalue weighted by Gasteiger charge is 2.08. The summed E-state index contributed by atoms with van der Waals surface area (Å²) in [4.78, 5) is 11.6. The molecule has 0 aromatic heterocycles. The van der Waals surface area contributed by atoms with Crippen LogP contribution in [-0.4, -0.2) is 25.4 Å². The summed E-state index contributed by atoms with van der Waals surface area (Å²) < 4.78 is 28.1. The summed E-state index contributed by atoms with van der Waals surface area (Å²) in [6.45, 7) is 1.27. The molecule has 88 valence electrons. The van der Waals surface area contributed by atoms with Gasteiger partial charge in [0.05, 0.1) is 6.61 Å². The largest absolute Gasteiger partial charge is 0.375 e. The number of hydrogen-bond acceptors (Lipinski definition) is 2. The van der Waals surface area contributed by atoms with Crippen molar-refractivity contribution in [2.24, 2.45) is 0 Å². The van der Waals surface area contributed by atoms with Gasteiger partial charge in [-0.05, 0) is 12.5 Å². The van der Waals surface area contributed by atoms with E-state index in [0.29, 0.717) is 5.56 Å². The lowest BCUT2D eigenvalue weighted by Gasteiger charge is -2.05. The number of carbonyl (C=O) groups excluding carboxylic acids is 1. The van der Waals surface area contributed by atoms with Gasteiger partial charge in [0.2, 0.25) is 0 Å². The summed E-state index contributed by atoms with van der Waals surface area (Å²) in [6, 6.07) is 7.19. The van der Waals surface area contributed by atoms with Crippen LogP contribution in [0.4, 0.5) is 8.78 Å². The predicted molar refractivity (Wildman–Crippen MR) is 56.9 cm³/mol. The van der Waals surface area contributed by atoms with Crippen LogP contribution in [0, 0.1) is 6.92 Å². The summed E-state index contributed by atoms with van der Waals surface area (Å²) in [5.74, 6) is -0.0765. The Labute approximate surface area is 93.2 Å². The van der Waals surface area contributed by atoms with Gasteiger partial charge < -0.3 is 4.74 Å². The third kappa shape index (κ3) is 4.06. The molecule has 1 rings (SSSR count). The van der Waals surface area contributed by atoms with Crippen molar-refractivity contribution in [2.45, 2.75) is 19.8 Å². The third-order valence-corrected chi connectivity index (χ3v) is 2.16. The molecule has 0 spiro atoms. The van der Waals surface area contributed by atoms with Crippen LogP contribution < -0.4 is 0 Å². The van der Waals surface area contributed by atoms with Gasteiger partial charge in [0.15, 0.2) is 5.78 Å². The van der Waals surface area contributed by atoms with Gasteiger partial charge in [0.25, 0.3) is 6.43 Å². The lowest BCUT2D eigenvalue weighted by atomic mass is 10.0. The van der Waals surface area contributed by atoms with E-state index in [0.717, 1.165) is 5.56 Å². The van der Waals surface area contributed by atoms with Crippen LogP contribution in [0.3, 0.4) is 0 Å². The summed E-state index contributed by atoms with van der Waals surface area (Å²) in [6.07, 6.45) is -2.34. The minimum Gasteiger partial charge on any atom is -0.375 e. The Morgan fingerprint density at radius 1 is 1.38 bits per heavy atom. The molecule has 0 radical (unpaired) electrons. The maximum Gasteiger partial charge on any atom is 0.261 e. The second-order valence-corrected chi connectivity index (χ2v) is 3.45. The van der Waals surface area contributed by atoms with Crippen molar-refractivity contribution in [1.82, 2.24) is 0 Å². The van der Waals surface area contributed by atoms with Crippen LogP contribution in [0.15, 0.2) is 24.3 Å². The van der Waals surface area contributed by atoms with Crippen molar-refractivity contribution in [3.8, 4) is 0 Å². The van der Waals surface area contributed by atoms with Crippen LogP contribution in [0.2, 0.25) is 0 Å². The molecule has 0 fully saturated rings. The first kappa shape index (κ1) is 12.8. The first-order chi connectivity index (χ1) is 7.61. The summed E-state index contributed by atoms with van der Waals surface area (Å²) in [7, 11) is 0. The molecule has 0 N–H and O–H groups in total. The van der Waals surface area contributed by atoms with Gasteiger partial charge in [0.1, 0.15) is 6.61 Å². The normalized spacial score (nSPS) is 10.8. The minimum absolute atomic E-state index is 0.0392. The Morgan fingerprint density at radius 2 is 2.06 bits per heavy atom. The molecule has 0 amide bonds. The van der Waals surface area contributed by atoms with E-state index < -0.39 is 13.0 Å². The molecular formula is C12H14F2O2. The molecule has 0 unspecified atom stereocenters.